The molecule has 0 radical (unpaired) electrons. The molecule has 7 heteroatoms. The number of amides is 1. The number of hydrogen-bond acceptors (Lipinski definition) is 5. The number of likely N-dealkylation sites (tertiary alicyclic amines) is 1. The molecule has 0 aliphatic carbocycles. The smallest absolute Gasteiger partial charge is 0.232 e. The average molecular weight is 367 g/mol. The number of aromatic nitrogens is 2. The topological polar surface area (TPSA) is 68.5 Å². The summed E-state index contributed by atoms with van der Waals surface area (Å²) >= 11 is 0. The van der Waals surface area contributed by atoms with Gasteiger partial charge in [-0.3, -0.25) is 4.79 Å². The molecular weight excluding hydrogens is 349 g/mol. The Morgan fingerprint density at radius 2 is 1.93 bits per heavy atom. The largest absolute Gasteiger partial charge is 0.497 e. The third-order valence-corrected chi connectivity index (χ3v) is 4.64. The van der Waals surface area contributed by atoms with Crippen molar-refractivity contribution in [2.45, 2.75) is 18.9 Å². The standard InChI is InChI=1S/C20H18FN3O3/c1-26-17-8-4-14(5-9-17)19-22-20(27-23-19)15-10-18(25)24(12-15)11-13-2-6-16(21)7-3-13/h2-9,15H,10-12H2,1H3. The molecule has 0 bridgehead atoms. The molecule has 1 aliphatic rings. The molecule has 138 valence electrons. The van der Waals surface area contributed by atoms with Gasteiger partial charge in [0.05, 0.1) is 13.0 Å². The molecule has 0 N–H and O–H groups in total. The molecule has 1 unspecified atom stereocenters. The van der Waals surface area contributed by atoms with Crippen LogP contribution in [-0.2, 0) is 11.3 Å². The third kappa shape index (κ3) is 3.67. The van der Waals surface area contributed by atoms with Gasteiger partial charge in [0.25, 0.3) is 0 Å². The van der Waals surface area contributed by atoms with Gasteiger partial charge in [-0.1, -0.05) is 17.3 Å². The molecule has 1 amide bonds. The fourth-order valence-electron chi connectivity index (χ4n) is 3.16. The fraction of sp³-hybridized carbons (Fsp3) is 0.250. The van der Waals surface area contributed by atoms with Gasteiger partial charge in [-0.2, -0.15) is 4.98 Å². The van der Waals surface area contributed by atoms with Crippen molar-refractivity contribution in [1.82, 2.24) is 15.0 Å². The molecule has 2 aromatic carbocycles. The minimum absolute atomic E-state index is 0.0218. The molecule has 1 atom stereocenters. The number of benzene rings is 2. The van der Waals surface area contributed by atoms with Gasteiger partial charge in [-0.05, 0) is 42.0 Å². The van der Waals surface area contributed by atoms with E-state index in [1.54, 1.807) is 24.1 Å². The summed E-state index contributed by atoms with van der Waals surface area (Å²) in [6, 6.07) is 13.5. The molecule has 6 nitrogen and oxygen atoms in total. The number of ether oxygens (including phenoxy) is 1. The predicted octanol–water partition coefficient (Wildman–Crippen LogP) is 3.40. The first-order chi connectivity index (χ1) is 13.1. The fourth-order valence-corrected chi connectivity index (χ4v) is 3.16. The maximum absolute atomic E-state index is 13.0. The second-order valence-corrected chi connectivity index (χ2v) is 6.49. The Balaban J connectivity index is 1.45. The van der Waals surface area contributed by atoms with E-state index in [4.69, 9.17) is 9.26 Å². The first-order valence-corrected chi connectivity index (χ1v) is 8.62. The minimum atomic E-state index is -0.290. The molecular formula is C20H18FN3O3. The number of hydrogen-bond donors (Lipinski definition) is 0. The lowest BCUT2D eigenvalue weighted by Crippen LogP contribution is -2.24. The van der Waals surface area contributed by atoms with E-state index in [-0.39, 0.29) is 17.6 Å². The van der Waals surface area contributed by atoms with Crippen molar-refractivity contribution < 1.29 is 18.4 Å². The van der Waals surface area contributed by atoms with Gasteiger partial charge in [0, 0.05) is 25.1 Å². The number of halogens is 1. The van der Waals surface area contributed by atoms with Crippen LogP contribution in [0.25, 0.3) is 11.4 Å². The summed E-state index contributed by atoms with van der Waals surface area (Å²) in [6.07, 6.45) is 0.325. The lowest BCUT2D eigenvalue weighted by atomic mass is 10.1. The van der Waals surface area contributed by atoms with E-state index in [1.165, 1.54) is 12.1 Å². The quantitative estimate of drug-likeness (QED) is 0.691. The van der Waals surface area contributed by atoms with Crippen LogP contribution in [0.5, 0.6) is 5.75 Å². The SMILES string of the molecule is COc1ccc(-c2noc(C3CC(=O)N(Cc4ccc(F)cc4)C3)n2)cc1. The first kappa shape index (κ1) is 17.2. The molecule has 27 heavy (non-hydrogen) atoms. The number of carbonyl (C=O) groups is 1. The monoisotopic (exact) mass is 367 g/mol. The van der Waals surface area contributed by atoms with Crippen LogP contribution in [0.3, 0.4) is 0 Å². The molecule has 1 fully saturated rings. The van der Waals surface area contributed by atoms with Gasteiger partial charge in [-0.15, -0.1) is 0 Å². The Labute approximate surface area is 155 Å². The van der Waals surface area contributed by atoms with Gasteiger partial charge in [0.1, 0.15) is 11.6 Å². The maximum Gasteiger partial charge on any atom is 0.232 e. The Hall–Kier alpha value is -3.22. The van der Waals surface area contributed by atoms with Crippen molar-refractivity contribution in [3.63, 3.8) is 0 Å². The zero-order valence-electron chi connectivity index (χ0n) is 14.8. The molecule has 1 aromatic heterocycles. The highest BCUT2D eigenvalue weighted by Gasteiger charge is 2.34. The summed E-state index contributed by atoms with van der Waals surface area (Å²) in [5.74, 6) is 1.28. The number of carbonyl (C=O) groups excluding carboxylic acids is 1. The predicted molar refractivity (Wildman–Crippen MR) is 95.5 cm³/mol. The minimum Gasteiger partial charge on any atom is -0.497 e. The lowest BCUT2D eigenvalue weighted by Gasteiger charge is -2.15. The van der Waals surface area contributed by atoms with Gasteiger partial charge >= 0.3 is 0 Å². The van der Waals surface area contributed by atoms with Gasteiger partial charge in [-0.25, -0.2) is 4.39 Å². The molecule has 1 aliphatic heterocycles. The van der Waals surface area contributed by atoms with Crippen molar-refractivity contribution in [3.8, 4) is 17.1 Å². The average Bonchev–Trinajstić information content (AvgIpc) is 3.31. The van der Waals surface area contributed by atoms with Crippen molar-refractivity contribution in [1.29, 1.82) is 0 Å². The van der Waals surface area contributed by atoms with E-state index in [9.17, 15) is 9.18 Å². The molecule has 2 heterocycles. The Bertz CT molecular complexity index is 938. The summed E-state index contributed by atoms with van der Waals surface area (Å²) in [7, 11) is 1.61. The van der Waals surface area contributed by atoms with Crippen LogP contribution >= 0.6 is 0 Å². The number of rotatable bonds is 5. The highest BCUT2D eigenvalue weighted by atomic mass is 19.1. The van der Waals surface area contributed by atoms with Crippen molar-refractivity contribution in [3.05, 3.63) is 65.8 Å². The molecule has 4 rings (SSSR count). The summed E-state index contributed by atoms with van der Waals surface area (Å²) in [6.45, 7) is 0.940. The maximum atomic E-state index is 13.0. The number of nitrogens with zero attached hydrogens (tertiary/aromatic N) is 3. The Kier molecular flexibility index (Phi) is 4.58. The van der Waals surface area contributed by atoms with E-state index in [0.29, 0.717) is 31.2 Å². The van der Waals surface area contributed by atoms with E-state index in [1.807, 2.05) is 24.3 Å². The van der Waals surface area contributed by atoms with Crippen LogP contribution in [-0.4, -0.2) is 34.6 Å². The second kappa shape index (κ2) is 7.19. The van der Waals surface area contributed by atoms with Crippen LogP contribution in [0.15, 0.2) is 53.1 Å². The highest BCUT2D eigenvalue weighted by Crippen LogP contribution is 2.30. The normalized spacial score (nSPS) is 16.7. The van der Waals surface area contributed by atoms with E-state index in [2.05, 4.69) is 10.1 Å². The van der Waals surface area contributed by atoms with Crippen LogP contribution in [0, 0.1) is 5.82 Å². The second-order valence-electron chi connectivity index (χ2n) is 6.49. The summed E-state index contributed by atoms with van der Waals surface area (Å²) in [5.41, 5.74) is 1.70. The zero-order valence-corrected chi connectivity index (χ0v) is 14.8. The lowest BCUT2D eigenvalue weighted by molar-refractivity contribution is -0.128. The third-order valence-electron chi connectivity index (χ3n) is 4.64. The number of methoxy groups -OCH3 is 1. The zero-order chi connectivity index (χ0) is 18.8. The van der Waals surface area contributed by atoms with Crippen LogP contribution in [0.1, 0.15) is 23.8 Å². The summed E-state index contributed by atoms with van der Waals surface area (Å²) in [5, 5.41) is 4.03. The molecule has 0 spiro atoms. The van der Waals surface area contributed by atoms with E-state index in [0.717, 1.165) is 16.9 Å². The molecule has 0 saturated carbocycles. The van der Waals surface area contributed by atoms with Crippen LogP contribution < -0.4 is 4.74 Å². The Morgan fingerprint density at radius 3 is 2.63 bits per heavy atom. The highest BCUT2D eigenvalue weighted by molar-refractivity contribution is 5.79. The van der Waals surface area contributed by atoms with E-state index < -0.39 is 0 Å². The van der Waals surface area contributed by atoms with Crippen molar-refractivity contribution in [2.24, 2.45) is 0 Å². The summed E-state index contributed by atoms with van der Waals surface area (Å²) < 4.78 is 23.6. The van der Waals surface area contributed by atoms with Crippen LogP contribution in [0.2, 0.25) is 0 Å². The molecule has 1 saturated heterocycles. The first-order valence-electron chi connectivity index (χ1n) is 8.62. The van der Waals surface area contributed by atoms with Gasteiger partial charge in [0.2, 0.25) is 17.6 Å². The molecule has 3 aromatic rings. The van der Waals surface area contributed by atoms with Gasteiger partial charge < -0.3 is 14.2 Å². The van der Waals surface area contributed by atoms with E-state index >= 15 is 0 Å². The van der Waals surface area contributed by atoms with Gasteiger partial charge in [0.15, 0.2) is 0 Å². The summed E-state index contributed by atoms with van der Waals surface area (Å²) in [4.78, 5) is 18.5. The van der Waals surface area contributed by atoms with Crippen molar-refractivity contribution >= 4 is 5.91 Å². The Morgan fingerprint density at radius 1 is 1.19 bits per heavy atom. The van der Waals surface area contributed by atoms with Crippen LogP contribution in [0.4, 0.5) is 4.39 Å². The van der Waals surface area contributed by atoms with Crippen molar-refractivity contribution in [2.75, 3.05) is 13.7 Å².